The van der Waals surface area contributed by atoms with Crippen LogP contribution in [0.3, 0.4) is 0 Å². The van der Waals surface area contributed by atoms with Crippen molar-refractivity contribution < 1.29 is 14.5 Å². The second-order valence-electron chi connectivity index (χ2n) is 5.09. The number of nitrogens with one attached hydrogen (secondary N) is 2. The fraction of sp³-hybridized carbons (Fsp3) is 0.118. The maximum absolute atomic E-state index is 11.9. The van der Waals surface area contributed by atoms with E-state index in [1.807, 2.05) is 0 Å². The maximum Gasteiger partial charge on any atom is 0.278 e. The molecule has 0 saturated heterocycles. The van der Waals surface area contributed by atoms with Crippen LogP contribution in [0.15, 0.2) is 53.6 Å². The van der Waals surface area contributed by atoms with Crippen LogP contribution in [0.1, 0.15) is 22.3 Å². The molecule has 2 aromatic rings. The van der Waals surface area contributed by atoms with E-state index >= 15 is 0 Å². The summed E-state index contributed by atoms with van der Waals surface area (Å²) in [6, 6.07) is 12.6. The summed E-state index contributed by atoms with van der Waals surface area (Å²) in [4.78, 5) is 34.0. The molecule has 0 aliphatic rings. The van der Waals surface area contributed by atoms with Gasteiger partial charge in [-0.05, 0) is 18.2 Å². The van der Waals surface area contributed by atoms with Crippen LogP contribution >= 0.6 is 11.6 Å². The fourth-order valence-corrected chi connectivity index (χ4v) is 2.24. The van der Waals surface area contributed by atoms with Gasteiger partial charge in [-0.2, -0.15) is 5.10 Å². The van der Waals surface area contributed by atoms with E-state index in [9.17, 15) is 19.7 Å². The summed E-state index contributed by atoms with van der Waals surface area (Å²) in [5, 5.41) is 17.5. The van der Waals surface area contributed by atoms with E-state index in [0.29, 0.717) is 10.6 Å². The average Bonchev–Trinajstić information content (AvgIpc) is 2.62. The van der Waals surface area contributed by atoms with Crippen molar-refractivity contribution in [3.63, 3.8) is 0 Å². The van der Waals surface area contributed by atoms with Crippen molar-refractivity contribution >= 4 is 35.3 Å². The van der Waals surface area contributed by atoms with Gasteiger partial charge in [-0.15, -0.1) is 0 Å². The third-order valence-electron chi connectivity index (χ3n) is 3.28. The summed E-state index contributed by atoms with van der Waals surface area (Å²) in [5.41, 5.74) is 2.73. The quantitative estimate of drug-likeness (QED) is 0.440. The molecule has 0 radical (unpaired) electrons. The number of nitro benzene ring substituents is 1. The molecule has 8 nitrogen and oxygen atoms in total. The first-order valence-corrected chi connectivity index (χ1v) is 7.95. The van der Waals surface area contributed by atoms with E-state index in [1.165, 1.54) is 24.4 Å². The fourth-order valence-electron chi connectivity index (χ4n) is 2.02. The summed E-state index contributed by atoms with van der Waals surface area (Å²) in [6.07, 6.45) is 1.18. The van der Waals surface area contributed by atoms with E-state index < -0.39 is 10.8 Å². The number of halogens is 1. The molecule has 0 aromatic heterocycles. The summed E-state index contributed by atoms with van der Waals surface area (Å²) >= 11 is 5.92. The highest BCUT2D eigenvalue weighted by atomic mass is 35.5. The van der Waals surface area contributed by atoms with Crippen LogP contribution in [0.25, 0.3) is 0 Å². The molecule has 0 aliphatic heterocycles. The Bertz CT molecular complexity index is 854. The van der Waals surface area contributed by atoms with Gasteiger partial charge in [-0.1, -0.05) is 35.9 Å². The molecule has 0 fully saturated rings. The minimum atomic E-state index is -0.534. The highest BCUT2D eigenvalue weighted by Crippen LogP contribution is 2.15. The van der Waals surface area contributed by atoms with Gasteiger partial charge in [0.15, 0.2) is 0 Å². The van der Waals surface area contributed by atoms with Gasteiger partial charge in [0.05, 0.1) is 27.3 Å². The third kappa shape index (κ3) is 5.38. The molecule has 9 heteroatoms. The highest BCUT2D eigenvalue weighted by Gasteiger charge is 2.11. The van der Waals surface area contributed by atoms with Gasteiger partial charge >= 0.3 is 0 Å². The first kappa shape index (κ1) is 19.1. The van der Waals surface area contributed by atoms with Crippen LogP contribution < -0.4 is 10.7 Å². The number of para-hydroxylation sites is 1. The van der Waals surface area contributed by atoms with Gasteiger partial charge in [0.25, 0.3) is 11.6 Å². The standard InChI is InChI=1S/C17H15ClN4O4/c18-14-7-3-2-6-13(14)17(24)19-10-9-16(23)21-20-11-12-5-1-4-8-15(12)22(25)26/h1-8,11H,9-10H2,(H,19,24)(H,21,23)/b20-11-. The molecule has 0 unspecified atom stereocenters. The zero-order valence-electron chi connectivity index (χ0n) is 13.5. The molecule has 0 spiro atoms. The van der Waals surface area contributed by atoms with Crippen LogP contribution in [-0.2, 0) is 4.79 Å². The first-order valence-electron chi connectivity index (χ1n) is 7.57. The Kier molecular flexibility index (Phi) is 6.81. The van der Waals surface area contributed by atoms with Crippen molar-refractivity contribution in [1.82, 2.24) is 10.7 Å². The van der Waals surface area contributed by atoms with E-state index in [1.54, 1.807) is 30.3 Å². The number of rotatable bonds is 7. The van der Waals surface area contributed by atoms with Gasteiger partial charge in [-0.25, -0.2) is 5.43 Å². The van der Waals surface area contributed by atoms with Crippen molar-refractivity contribution in [3.8, 4) is 0 Å². The average molecular weight is 375 g/mol. The van der Waals surface area contributed by atoms with E-state index in [0.717, 1.165) is 0 Å². The number of nitro groups is 1. The Labute approximate surface area is 154 Å². The lowest BCUT2D eigenvalue weighted by atomic mass is 10.2. The summed E-state index contributed by atoms with van der Waals surface area (Å²) in [5.74, 6) is -0.828. The zero-order chi connectivity index (χ0) is 18.9. The number of carbonyl (C=O) groups is 2. The Morgan fingerprint density at radius 3 is 2.58 bits per heavy atom. The van der Waals surface area contributed by atoms with Gasteiger partial charge < -0.3 is 5.32 Å². The van der Waals surface area contributed by atoms with Crippen LogP contribution in [-0.4, -0.2) is 29.5 Å². The normalized spacial score (nSPS) is 10.5. The molecule has 0 saturated carbocycles. The first-order chi connectivity index (χ1) is 12.5. The van der Waals surface area contributed by atoms with Crippen molar-refractivity contribution in [1.29, 1.82) is 0 Å². The van der Waals surface area contributed by atoms with E-state index in [4.69, 9.17) is 11.6 Å². The topological polar surface area (TPSA) is 114 Å². The van der Waals surface area contributed by atoms with Gasteiger partial charge in [-0.3, -0.25) is 19.7 Å². The number of hydrogen-bond acceptors (Lipinski definition) is 5. The molecule has 0 bridgehead atoms. The van der Waals surface area contributed by atoms with E-state index in [-0.39, 0.29) is 30.1 Å². The highest BCUT2D eigenvalue weighted by molar-refractivity contribution is 6.33. The summed E-state index contributed by atoms with van der Waals surface area (Å²) in [6.45, 7) is 0.0941. The lowest BCUT2D eigenvalue weighted by Gasteiger charge is -2.06. The van der Waals surface area contributed by atoms with Crippen LogP contribution in [0.5, 0.6) is 0 Å². The number of benzene rings is 2. The molecule has 2 aromatic carbocycles. The molecule has 26 heavy (non-hydrogen) atoms. The zero-order valence-corrected chi connectivity index (χ0v) is 14.3. The minimum absolute atomic E-state index is 0.00951. The maximum atomic E-state index is 11.9. The number of nitrogens with zero attached hydrogens (tertiary/aromatic N) is 2. The molecular weight excluding hydrogens is 360 g/mol. The SMILES string of the molecule is O=C(CCNC(=O)c1ccccc1Cl)N/N=C\c1ccccc1[N+](=O)[O-]. The predicted molar refractivity (Wildman–Crippen MR) is 97.2 cm³/mol. The lowest BCUT2D eigenvalue weighted by Crippen LogP contribution is -2.29. The number of carbonyl (C=O) groups excluding carboxylic acids is 2. The Morgan fingerprint density at radius 2 is 1.85 bits per heavy atom. The molecular formula is C17H15ClN4O4. The van der Waals surface area contributed by atoms with Gasteiger partial charge in [0.2, 0.25) is 5.91 Å². The Balaban J connectivity index is 1.80. The molecule has 0 heterocycles. The number of hydrogen-bond donors (Lipinski definition) is 2. The lowest BCUT2D eigenvalue weighted by molar-refractivity contribution is -0.385. The van der Waals surface area contributed by atoms with Crippen LogP contribution in [0.4, 0.5) is 5.69 Å². The summed E-state index contributed by atoms with van der Waals surface area (Å²) in [7, 11) is 0. The molecule has 2 amide bonds. The molecule has 0 atom stereocenters. The second-order valence-corrected chi connectivity index (χ2v) is 5.50. The van der Waals surface area contributed by atoms with Crippen molar-refractivity contribution in [3.05, 3.63) is 74.8 Å². The Hall–Kier alpha value is -3.26. The van der Waals surface area contributed by atoms with Crippen molar-refractivity contribution in [2.75, 3.05) is 6.54 Å². The number of hydrazone groups is 1. The van der Waals surface area contributed by atoms with Gasteiger partial charge in [0, 0.05) is 19.0 Å². The van der Waals surface area contributed by atoms with Crippen LogP contribution in [0.2, 0.25) is 5.02 Å². The largest absolute Gasteiger partial charge is 0.351 e. The smallest absolute Gasteiger partial charge is 0.278 e. The predicted octanol–water partition coefficient (Wildman–Crippen LogP) is 2.52. The Morgan fingerprint density at radius 1 is 1.15 bits per heavy atom. The van der Waals surface area contributed by atoms with Crippen molar-refractivity contribution in [2.45, 2.75) is 6.42 Å². The minimum Gasteiger partial charge on any atom is -0.351 e. The third-order valence-corrected chi connectivity index (χ3v) is 3.61. The van der Waals surface area contributed by atoms with Crippen LogP contribution in [0, 0.1) is 10.1 Å². The van der Waals surface area contributed by atoms with E-state index in [2.05, 4.69) is 15.8 Å². The number of amides is 2. The molecule has 134 valence electrons. The molecule has 2 rings (SSSR count). The van der Waals surface area contributed by atoms with Gasteiger partial charge in [0.1, 0.15) is 0 Å². The second kappa shape index (κ2) is 9.28. The van der Waals surface area contributed by atoms with Crippen molar-refractivity contribution in [2.24, 2.45) is 5.10 Å². The molecule has 2 N–H and O–H groups in total. The summed E-state index contributed by atoms with van der Waals surface area (Å²) < 4.78 is 0. The molecule has 0 aliphatic carbocycles. The monoisotopic (exact) mass is 374 g/mol.